The Morgan fingerprint density at radius 2 is 1.90 bits per heavy atom. The van der Waals surface area contributed by atoms with Gasteiger partial charge in [-0.15, -0.1) is 4.80 Å². The fourth-order valence-corrected chi connectivity index (χ4v) is 3.27. The molecule has 4 N–H and O–H groups in total. The van der Waals surface area contributed by atoms with Crippen molar-refractivity contribution < 1.29 is 22.7 Å². The van der Waals surface area contributed by atoms with E-state index in [1.54, 1.807) is 6.92 Å². The fraction of sp³-hybridized carbons (Fsp3) is 0.235. The summed E-state index contributed by atoms with van der Waals surface area (Å²) in [5, 5.41) is 12.2. The molecule has 0 saturated heterocycles. The number of hydrogen-bond acceptors (Lipinski definition) is 7. The van der Waals surface area contributed by atoms with Gasteiger partial charge in [0.25, 0.3) is 0 Å². The van der Waals surface area contributed by atoms with Gasteiger partial charge in [-0.1, -0.05) is 0 Å². The molecule has 0 spiro atoms. The molecule has 0 fully saturated rings. The highest BCUT2D eigenvalue weighted by molar-refractivity contribution is 9.10. The number of pyridine rings is 2. The van der Waals surface area contributed by atoms with Crippen molar-refractivity contribution in [2.75, 3.05) is 23.5 Å². The number of aromatic nitrogens is 5. The molecular formula is C17H16BrF3N8O2. The number of nitrogens with one attached hydrogen (secondary N) is 2. The summed E-state index contributed by atoms with van der Waals surface area (Å²) < 4.78 is 46.2. The van der Waals surface area contributed by atoms with E-state index in [4.69, 9.17) is 10.5 Å². The molecule has 0 radical (unpaired) electrons. The molecule has 164 valence electrons. The number of carbonyl (C=O) groups is 1. The topological polar surface area (TPSA) is 133 Å². The summed E-state index contributed by atoms with van der Waals surface area (Å²) in [5.74, 6) is -0.335. The van der Waals surface area contributed by atoms with Crippen molar-refractivity contribution in [2.45, 2.75) is 19.2 Å². The molecule has 3 rings (SSSR count). The SMILES string of the molecule is CO[C@H](C)c1c(NC(=O)Nc2cnc(-n3nccn3)c(C(F)(F)F)c2)cnc(N)c1Br. The molecule has 0 aromatic carbocycles. The van der Waals surface area contributed by atoms with Gasteiger partial charge in [-0.3, -0.25) is 0 Å². The third-order valence-corrected chi connectivity index (χ3v) is 4.96. The Kier molecular flexibility index (Phi) is 6.40. The predicted molar refractivity (Wildman–Crippen MR) is 109 cm³/mol. The van der Waals surface area contributed by atoms with E-state index in [1.165, 1.54) is 25.7 Å². The first-order valence-electron chi connectivity index (χ1n) is 8.60. The van der Waals surface area contributed by atoms with Crippen LogP contribution < -0.4 is 16.4 Å². The highest BCUT2D eigenvalue weighted by Gasteiger charge is 2.36. The third kappa shape index (κ3) is 4.91. The first-order chi connectivity index (χ1) is 14.6. The number of nitrogens with two attached hydrogens (primary N) is 1. The zero-order valence-corrected chi connectivity index (χ0v) is 17.7. The lowest BCUT2D eigenvalue weighted by Crippen LogP contribution is -2.22. The zero-order valence-electron chi connectivity index (χ0n) is 16.1. The Morgan fingerprint density at radius 1 is 1.23 bits per heavy atom. The molecule has 31 heavy (non-hydrogen) atoms. The highest BCUT2D eigenvalue weighted by Crippen LogP contribution is 2.36. The second kappa shape index (κ2) is 8.85. The van der Waals surface area contributed by atoms with Crippen molar-refractivity contribution in [1.29, 1.82) is 0 Å². The lowest BCUT2D eigenvalue weighted by molar-refractivity contribution is -0.137. The summed E-state index contributed by atoms with van der Waals surface area (Å²) in [6.45, 7) is 1.73. The summed E-state index contributed by atoms with van der Waals surface area (Å²) in [5.41, 5.74) is 5.24. The molecule has 10 nitrogen and oxygen atoms in total. The van der Waals surface area contributed by atoms with Gasteiger partial charge in [0, 0.05) is 12.7 Å². The molecule has 3 aromatic heterocycles. The van der Waals surface area contributed by atoms with Crippen LogP contribution in [0.2, 0.25) is 0 Å². The second-order valence-electron chi connectivity index (χ2n) is 6.15. The minimum Gasteiger partial charge on any atom is -0.383 e. The molecule has 0 bridgehead atoms. The Bertz CT molecular complexity index is 1090. The van der Waals surface area contributed by atoms with Crippen LogP contribution in [0.5, 0.6) is 0 Å². The zero-order chi connectivity index (χ0) is 22.8. The molecule has 0 aliphatic carbocycles. The predicted octanol–water partition coefficient (Wildman–Crippen LogP) is 3.77. The Labute approximate surface area is 182 Å². The lowest BCUT2D eigenvalue weighted by Gasteiger charge is -2.19. The van der Waals surface area contributed by atoms with Gasteiger partial charge in [0.05, 0.1) is 46.7 Å². The number of rotatable bonds is 5. The number of carbonyl (C=O) groups excluding carboxylic acids is 1. The highest BCUT2D eigenvalue weighted by atomic mass is 79.9. The van der Waals surface area contributed by atoms with Crippen LogP contribution in [0, 0.1) is 0 Å². The van der Waals surface area contributed by atoms with Gasteiger partial charge in [0.15, 0.2) is 5.82 Å². The van der Waals surface area contributed by atoms with E-state index >= 15 is 0 Å². The van der Waals surface area contributed by atoms with Gasteiger partial charge in [-0.25, -0.2) is 14.8 Å². The molecule has 14 heteroatoms. The molecule has 3 heterocycles. The van der Waals surface area contributed by atoms with E-state index in [2.05, 4.69) is 46.7 Å². The van der Waals surface area contributed by atoms with Gasteiger partial charge in [-0.2, -0.15) is 23.4 Å². The van der Waals surface area contributed by atoms with Crippen molar-refractivity contribution in [3.8, 4) is 5.82 Å². The van der Waals surface area contributed by atoms with Gasteiger partial charge >= 0.3 is 12.2 Å². The van der Waals surface area contributed by atoms with Gasteiger partial charge in [-0.05, 0) is 28.9 Å². The molecule has 2 amide bonds. The maximum atomic E-state index is 13.5. The number of anilines is 3. The maximum Gasteiger partial charge on any atom is 0.420 e. The Hall–Kier alpha value is -3.26. The van der Waals surface area contributed by atoms with Crippen LogP contribution in [0.3, 0.4) is 0 Å². The first kappa shape index (κ1) is 22.4. The summed E-state index contributed by atoms with van der Waals surface area (Å²) >= 11 is 3.30. The Morgan fingerprint density at radius 3 is 2.52 bits per heavy atom. The molecular weight excluding hydrogens is 485 g/mol. The van der Waals surface area contributed by atoms with Crippen molar-refractivity contribution in [3.63, 3.8) is 0 Å². The van der Waals surface area contributed by atoms with Crippen molar-refractivity contribution in [3.05, 3.63) is 46.5 Å². The standard InChI is InChI=1S/C17H16BrF3N8O2/c1-8(31-2)12-11(7-23-14(22)13(12)18)28-16(30)27-9-5-10(17(19,20)21)15(24-6-9)29-25-3-4-26-29/h3-8H,1-2H3,(H2,22,23)(H2,27,28,30)/t8-/m1/s1. The summed E-state index contributed by atoms with van der Waals surface area (Å²) in [6, 6.07) is -0.0795. The molecule has 0 aliphatic heterocycles. The monoisotopic (exact) mass is 500 g/mol. The first-order valence-corrected chi connectivity index (χ1v) is 9.39. The quantitative estimate of drug-likeness (QED) is 0.485. The largest absolute Gasteiger partial charge is 0.420 e. The number of halogens is 4. The van der Waals surface area contributed by atoms with E-state index in [0.717, 1.165) is 17.1 Å². The smallest absolute Gasteiger partial charge is 0.383 e. The van der Waals surface area contributed by atoms with Crippen LogP contribution in [0.15, 0.2) is 35.3 Å². The van der Waals surface area contributed by atoms with Crippen LogP contribution in [-0.4, -0.2) is 38.1 Å². The second-order valence-corrected chi connectivity index (χ2v) is 6.95. The number of hydrogen-bond donors (Lipinski definition) is 3. The number of ether oxygens (including phenoxy) is 1. The Balaban J connectivity index is 1.87. The van der Waals surface area contributed by atoms with Gasteiger partial charge < -0.3 is 21.1 Å². The van der Waals surface area contributed by atoms with E-state index in [-0.39, 0.29) is 17.2 Å². The lowest BCUT2D eigenvalue weighted by atomic mass is 10.1. The average Bonchev–Trinajstić information content (AvgIpc) is 3.24. The molecule has 1 atom stereocenters. The van der Waals surface area contributed by atoms with E-state index in [9.17, 15) is 18.0 Å². The summed E-state index contributed by atoms with van der Waals surface area (Å²) in [7, 11) is 1.47. The number of methoxy groups -OCH3 is 1. The van der Waals surface area contributed by atoms with Gasteiger partial charge in [0.1, 0.15) is 11.4 Å². The maximum absolute atomic E-state index is 13.5. The van der Waals surface area contributed by atoms with E-state index in [1.807, 2.05) is 0 Å². The van der Waals surface area contributed by atoms with Crippen LogP contribution in [0.1, 0.15) is 24.2 Å². The molecule has 3 aromatic rings. The molecule has 0 saturated carbocycles. The third-order valence-electron chi connectivity index (χ3n) is 4.13. The number of nitrogens with zero attached hydrogens (tertiary/aromatic N) is 5. The molecule has 0 aliphatic rings. The van der Waals surface area contributed by atoms with Crippen LogP contribution in [0.25, 0.3) is 5.82 Å². The van der Waals surface area contributed by atoms with Crippen LogP contribution in [-0.2, 0) is 10.9 Å². The van der Waals surface area contributed by atoms with Crippen LogP contribution >= 0.6 is 15.9 Å². The summed E-state index contributed by atoms with van der Waals surface area (Å²) in [4.78, 5) is 20.9. The average molecular weight is 501 g/mol. The van der Waals surface area contributed by atoms with Crippen molar-refractivity contribution in [2.24, 2.45) is 0 Å². The molecule has 0 unspecified atom stereocenters. The normalized spacial score (nSPS) is 12.5. The minimum atomic E-state index is -4.75. The van der Waals surface area contributed by atoms with E-state index < -0.39 is 29.7 Å². The van der Waals surface area contributed by atoms with Crippen LogP contribution in [0.4, 0.5) is 35.2 Å². The van der Waals surface area contributed by atoms with Crippen molar-refractivity contribution in [1.82, 2.24) is 25.0 Å². The van der Waals surface area contributed by atoms with Crippen molar-refractivity contribution >= 4 is 39.2 Å². The number of nitrogen functional groups attached to an aromatic ring is 1. The fourth-order valence-electron chi connectivity index (χ4n) is 2.64. The number of urea groups is 1. The van der Waals surface area contributed by atoms with Gasteiger partial charge in [0.2, 0.25) is 0 Å². The minimum absolute atomic E-state index is 0.187. The summed E-state index contributed by atoms with van der Waals surface area (Å²) in [6.07, 6.45) is -0.400. The number of amides is 2. The number of alkyl halides is 3. The van der Waals surface area contributed by atoms with E-state index in [0.29, 0.717) is 10.0 Å².